The third-order valence-electron chi connectivity index (χ3n) is 6.20. The quantitative estimate of drug-likeness (QED) is 0.364. The summed E-state index contributed by atoms with van der Waals surface area (Å²) in [4.78, 5) is 50.1. The lowest BCUT2D eigenvalue weighted by Gasteiger charge is -2.19. The molecule has 1 saturated heterocycles. The lowest BCUT2D eigenvalue weighted by Crippen LogP contribution is -2.34. The number of aromatic carboxylic acids is 1. The van der Waals surface area contributed by atoms with Crippen molar-refractivity contribution in [2.24, 2.45) is 11.8 Å². The van der Waals surface area contributed by atoms with Crippen LogP contribution < -0.4 is 15.5 Å². The van der Waals surface area contributed by atoms with Crippen LogP contribution in [-0.2, 0) is 11.2 Å². The molecular weight excluding hydrogens is 515 g/mol. The molecule has 4 heterocycles. The molecule has 0 radical (unpaired) electrons. The number of carboxylic acid groups (broad SMARTS) is 1. The fourth-order valence-corrected chi connectivity index (χ4v) is 5.76. The number of aromatic nitrogens is 3. The van der Waals surface area contributed by atoms with E-state index in [-0.39, 0.29) is 57.4 Å². The van der Waals surface area contributed by atoms with Crippen LogP contribution in [0.15, 0.2) is 24.5 Å². The van der Waals surface area contributed by atoms with E-state index in [9.17, 15) is 19.5 Å². The van der Waals surface area contributed by atoms with Crippen LogP contribution in [0.1, 0.15) is 31.5 Å². The minimum atomic E-state index is -1.12. The number of aryl methyl sites for hydroxylation is 1. The molecule has 1 aliphatic carbocycles. The van der Waals surface area contributed by atoms with Gasteiger partial charge in [-0.15, -0.1) is 0 Å². The second kappa shape index (κ2) is 9.14. The van der Waals surface area contributed by atoms with E-state index in [2.05, 4.69) is 25.6 Å². The number of carbonyl (C=O) groups excluding carboxylic acids is 2. The summed E-state index contributed by atoms with van der Waals surface area (Å²) in [5.41, 5.74) is 1.62. The second-order valence-corrected chi connectivity index (χ2v) is 10.3. The molecule has 3 aromatic heterocycles. The SMILES string of the molecule is Cc1[nH]c(C(=O)N[C@@H]2[C@@H]3CN(c4nc(CC(=O)Nc5cccnc5)c(C(=O)O)s4)C[C@@H]32)c(Cl)c1Cl. The van der Waals surface area contributed by atoms with Crippen molar-refractivity contribution in [1.29, 1.82) is 0 Å². The lowest BCUT2D eigenvalue weighted by molar-refractivity contribution is -0.115. The van der Waals surface area contributed by atoms with Crippen molar-refractivity contribution in [3.8, 4) is 0 Å². The first-order valence-corrected chi connectivity index (χ1v) is 12.3. The van der Waals surface area contributed by atoms with Gasteiger partial charge in [-0.05, 0) is 19.1 Å². The third-order valence-corrected chi connectivity index (χ3v) is 8.29. The van der Waals surface area contributed by atoms with Gasteiger partial charge in [-0.25, -0.2) is 9.78 Å². The van der Waals surface area contributed by atoms with Crippen molar-refractivity contribution in [2.45, 2.75) is 19.4 Å². The average Bonchev–Trinajstić information content (AvgIpc) is 3.19. The van der Waals surface area contributed by atoms with Gasteiger partial charge >= 0.3 is 5.97 Å². The minimum absolute atomic E-state index is 0.000773. The van der Waals surface area contributed by atoms with Crippen molar-refractivity contribution >= 4 is 63.1 Å². The number of hydrogen-bond acceptors (Lipinski definition) is 7. The number of aromatic amines is 1. The van der Waals surface area contributed by atoms with Gasteiger partial charge in [-0.3, -0.25) is 14.6 Å². The van der Waals surface area contributed by atoms with Gasteiger partial charge < -0.3 is 25.6 Å². The van der Waals surface area contributed by atoms with Crippen molar-refractivity contribution in [1.82, 2.24) is 20.3 Å². The van der Waals surface area contributed by atoms with Crippen LogP contribution in [0.5, 0.6) is 0 Å². The Morgan fingerprint density at radius 2 is 2.00 bits per heavy atom. The molecule has 1 saturated carbocycles. The van der Waals surface area contributed by atoms with Crippen LogP contribution in [0.25, 0.3) is 0 Å². The number of H-pyrrole nitrogens is 1. The first kappa shape index (κ1) is 23.6. The molecule has 0 spiro atoms. The molecule has 10 nitrogen and oxygen atoms in total. The number of halogens is 2. The highest BCUT2D eigenvalue weighted by atomic mass is 35.5. The van der Waals surface area contributed by atoms with E-state index < -0.39 is 5.97 Å². The number of nitrogens with one attached hydrogen (secondary N) is 3. The van der Waals surface area contributed by atoms with Crippen molar-refractivity contribution in [3.63, 3.8) is 0 Å². The second-order valence-electron chi connectivity index (χ2n) is 8.53. The van der Waals surface area contributed by atoms with Crippen molar-refractivity contribution in [2.75, 3.05) is 23.3 Å². The Bertz CT molecular complexity index is 1310. The highest BCUT2D eigenvalue weighted by Gasteiger charge is 2.57. The topological polar surface area (TPSA) is 140 Å². The van der Waals surface area contributed by atoms with Crippen LogP contribution >= 0.6 is 34.5 Å². The Kier molecular flexibility index (Phi) is 6.16. The number of carboxylic acids is 1. The average molecular weight is 535 g/mol. The van der Waals surface area contributed by atoms with Gasteiger partial charge in [0.2, 0.25) is 5.91 Å². The van der Waals surface area contributed by atoms with Gasteiger partial charge in [-0.2, -0.15) is 0 Å². The Balaban J connectivity index is 1.21. The molecule has 5 rings (SSSR count). The maximum absolute atomic E-state index is 12.6. The summed E-state index contributed by atoms with van der Waals surface area (Å²) < 4.78 is 0. The largest absolute Gasteiger partial charge is 0.477 e. The fraction of sp³-hybridized carbons (Fsp3) is 0.318. The molecule has 2 amide bonds. The number of fused-ring (bicyclic) bond motifs is 1. The van der Waals surface area contributed by atoms with E-state index in [1.807, 2.05) is 4.90 Å². The number of amides is 2. The van der Waals surface area contributed by atoms with Gasteiger partial charge in [0.1, 0.15) is 10.6 Å². The third kappa shape index (κ3) is 4.58. The van der Waals surface area contributed by atoms with E-state index in [1.54, 1.807) is 25.3 Å². The van der Waals surface area contributed by atoms with E-state index in [0.717, 1.165) is 11.3 Å². The molecule has 0 unspecified atom stereocenters. The van der Waals surface area contributed by atoms with Gasteiger partial charge in [0, 0.05) is 42.9 Å². The van der Waals surface area contributed by atoms with Crippen LogP contribution in [0, 0.1) is 18.8 Å². The standard InChI is InChI=1S/C22H20Cl2N6O4S/c1-9-15(23)16(24)18(26-9)20(32)29-17-11-7-30(8-12(11)17)22-28-13(19(35-22)21(33)34)5-14(31)27-10-3-2-4-25-6-10/h2-4,6,11-12,17,26H,5,7-8H2,1H3,(H,27,31)(H,29,32)(H,33,34)/t11-,12+,17-. The Hall–Kier alpha value is -3.15. The van der Waals surface area contributed by atoms with Gasteiger partial charge in [-0.1, -0.05) is 34.5 Å². The molecule has 182 valence electrons. The number of rotatable bonds is 7. The summed E-state index contributed by atoms with van der Waals surface area (Å²) in [6, 6.07) is 3.39. The number of pyridine rings is 1. The molecule has 4 N–H and O–H groups in total. The highest BCUT2D eigenvalue weighted by molar-refractivity contribution is 7.17. The smallest absolute Gasteiger partial charge is 0.347 e. The molecular formula is C22H20Cl2N6O4S. The van der Waals surface area contributed by atoms with E-state index in [0.29, 0.717) is 34.6 Å². The summed E-state index contributed by atoms with van der Waals surface area (Å²) in [6.07, 6.45) is 2.94. The first-order valence-electron chi connectivity index (χ1n) is 10.7. The summed E-state index contributed by atoms with van der Waals surface area (Å²) in [7, 11) is 0. The summed E-state index contributed by atoms with van der Waals surface area (Å²) in [5, 5.41) is 16.4. The van der Waals surface area contributed by atoms with Crippen molar-refractivity contribution in [3.05, 3.63) is 56.5 Å². The maximum Gasteiger partial charge on any atom is 0.347 e. The molecule has 13 heteroatoms. The zero-order valence-corrected chi connectivity index (χ0v) is 20.7. The predicted molar refractivity (Wildman–Crippen MR) is 132 cm³/mol. The molecule has 0 bridgehead atoms. The van der Waals surface area contributed by atoms with Gasteiger partial charge in [0.05, 0.1) is 34.0 Å². The maximum atomic E-state index is 12.6. The number of nitrogens with zero attached hydrogens (tertiary/aromatic N) is 3. The molecule has 2 fully saturated rings. The normalized spacial score (nSPS) is 20.4. The predicted octanol–water partition coefficient (Wildman–Crippen LogP) is 3.23. The van der Waals surface area contributed by atoms with Crippen molar-refractivity contribution < 1.29 is 19.5 Å². The van der Waals surface area contributed by atoms with Gasteiger partial charge in [0.15, 0.2) is 5.13 Å². The monoisotopic (exact) mass is 534 g/mol. The summed E-state index contributed by atoms with van der Waals surface area (Å²) >= 11 is 13.3. The van der Waals surface area contributed by atoms with E-state index in [1.165, 1.54) is 6.20 Å². The number of hydrogen-bond donors (Lipinski definition) is 4. The summed E-state index contributed by atoms with van der Waals surface area (Å²) in [6.45, 7) is 2.99. The molecule has 3 atom stereocenters. The molecule has 35 heavy (non-hydrogen) atoms. The molecule has 0 aromatic carbocycles. The molecule has 1 aliphatic heterocycles. The Labute approximate surface area is 213 Å². The van der Waals surface area contributed by atoms with E-state index in [4.69, 9.17) is 23.2 Å². The van der Waals surface area contributed by atoms with E-state index >= 15 is 0 Å². The highest BCUT2D eigenvalue weighted by Crippen LogP contribution is 2.48. The fourth-order valence-electron chi connectivity index (χ4n) is 4.40. The van der Waals surface area contributed by atoms with Crippen LogP contribution in [0.2, 0.25) is 10.0 Å². The number of piperidine rings is 1. The zero-order chi connectivity index (χ0) is 24.9. The Morgan fingerprint density at radius 1 is 1.26 bits per heavy atom. The zero-order valence-electron chi connectivity index (χ0n) is 18.3. The Morgan fingerprint density at radius 3 is 2.60 bits per heavy atom. The molecule has 2 aliphatic rings. The molecule has 3 aromatic rings. The number of anilines is 2. The minimum Gasteiger partial charge on any atom is -0.477 e. The lowest BCUT2D eigenvalue weighted by atomic mass is 10.2. The van der Waals surface area contributed by atoms with Crippen LogP contribution in [0.4, 0.5) is 10.8 Å². The van der Waals surface area contributed by atoms with Crippen LogP contribution in [-0.4, -0.2) is 57.0 Å². The summed E-state index contributed by atoms with van der Waals surface area (Å²) in [5.74, 6) is -1.36. The van der Waals surface area contributed by atoms with Gasteiger partial charge in [0.25, 0.3) is 5.91 Å². The number of thiazole rings is 1. The first-order chi connectivity index (χ1) is 16.7. The van der Waals surface area contributed by atoms with Crippen LogP contribution in [0.3, 0.4) is 0 Å². The number of carbonyl (C=O) groups is 3.